The van der Waals surface area contributed by atoms with E-state index in [9.17, 15) is 9.90 Å². The summed E-state index contributed by atoms with van der Waals surface area (Å²) >= 11 is 0. The van der Waals surface area contributed by atoms with Gasteiger partial charge in [0.05, 0.1) is 16.6 Å². The predicted octanol–water partition coefficient (Wildman–Crippen LogP) is 6.07. The largest absolute Gasteiger partial charge is 0.506 e. The third-order valence-electron chi connectivity index (χ3n) is 6.83. The summed E-state index contributed by atoms with van der Waals surface area (Å²) in [4.78, 5) is 16.4. The number of fused-ring (bicyclic) bond motifs is 2. The van der Waals surface area contributed by atoms with Crippen LogP contribution in [-0.2, 0) is 10.2 Å². The smallest absolute Gasteiger partial charge is 0.209 e. The lowest BCUT2D eigenvalue weighted by atomic mass is 9.77. The minimum absolute atomic E-state index is 0.0859. The summed E-state index contributed by atoms with van der Waals surface area (Å²) in [6.07, 6.45) is 4.77. The average molecular weight is 426 g/mol. The van der Waals surface area contributed by atoms with Crippen LogP contribution in [0.4, 0.5) is 5.69 Å². The number of hydrogen-bond donors (Lipinski definition) is 2. The number of benzene rings is 2. The van der Waals surface area contributed by atoms with E-state index < -0.39 is 0 Å². The Morgan fingerprint density at radius 2 is 1.81 bits per heavy atom. The second-order valence-corrected chi connectivity index (χ2v) is 9.72. The fraction of sp³-hybridized carbons (Fsp3) is 0.286. The molecule has 0 spiro atoms. The van der Waals surface area contributed by atoms with Gasteiger partial charge in [0.2, 0.25) is 11.5 Å². The molecule has 1 aliphatic carbocycles. The van der Waals surface area contributed by atoms with Crippen molar-refractivity contribution in [2.24, 2.45) is 5.92 Å². The molecule has 0 bridgehead atoms. The SMILES string of the molecule is CC(C)CC[N+]1=C(/C=C2\C(=O)C(c3c[nH]c4ccccc34)=C2O)C(C)(C)c2ccccc21. The van der Waals surface area contributed by atoms with Gasteiger partial charge in [0, 0.05) is 46.8 Å². The minimum Gasteiger partial charge on any atom is -0.506 e. The summed E-state index contributed by atoms with van der Waals surface area (Å²) in [5.74, 6) is 0.560. The van der Waals surface area contributed by atoms with Gasteiger partial charge in [0.25, 0.3) is 0 Å². The van der Waals surface area contributed by atoms with Crippen LogP contribution < -0.4 is 0 Å². The first kappa shape index (κ1) is 20.5. The van der Waals surface area contributed by atoms with Gasteiger partial charge in [-0.25, -0.2) is 0 Å². The molecule has 0 amide bonds. The predicted molar refractivity (Wildman–Crippen MR) is 130 cm³/mol. The summed E-state index contributed by atoms with van der Waals surface area (Å²) < 4.78 is 2.33. The number of aliphatic hydroxyl groups excluding tert-OH is 1. The van der Waals surface area contributed by atoms with Crippen molar-refractivity contribution in [3.05, 3.63) is 83.3 Å². The number of Topliss-reactive ketones (excluding diaryl/α,β-unsaturated/α-hetero) is 1. The number of para-hydroxylation sites is 2. The number of aromatic nitrogens is 1. The molecule has 0 radical (unpaired) electrons. The molecule has 2 aromatic carbocycles. The van der Waals surface area contributed by atoms with E-state index >= 15 is 0 Å². The van der Waals surface area contributed by atoms with Crippen molar-refractivity contribution < 1.29 is 14.5 Å². The molecule has 5 rings (SSSR count). The number of aromatic amines is 1. The molecule has 2 N–H and O–H groups in total. The van der Waals surface area contributed by atoms with E-state index in [0.717, 1.165) is 35.1 Å². The first-order valence-corrected chi connectivity index (χ1v) is 11.3. The van der Waals surface area contributed by atoms with E-state index in [0.29, 0.717) is 17.1 Å². The maximum absolute atomic E-state index is 13.2. The van der Waals surface area contributed by atoms with E-state index in [-0.39, 0.29) is 17.0 Å². The molecular weight excluding hydrogens is 396 g/mol. The van der Waals surface area contributed by atoms with Gasteiger partial charge < -0.3 is 10.1 Å². The van der Waals surface area contributed by atoms with Crippen molar-refractivity contribution in [1.82, 2.24) is 4.98 Å². The molecular formula is C28H29N2O2+. The Balaban J connectivity index is 1.62. The standard InChI is InChI=1S/C28H28N2O2/c1-17(2)13-14-30-23-12-8-6-10-21(23)28(3,4)24(30)15-19-26(31)25(27(19)32)20-16-29-22-11-7-5-9-18(20)22/h5-12,15-17H,13-14H2,1-4H3,(H,31,32)/p+1. The lowest BCUT2D eigenvalue weighted by molar-refractivity contribution is -0.439. The maximum Gasteiger partial charge on any atom is 0.209 e. The molecule has 0 saturated heterocycles. The third-order valence-corrected chi connectivity index (χ3v) is 6.83. The van der Waals surface area contributed by atoms with Crippen molar-refractivity contribution in [2.75, 3.05) is 6.54 Å². The van der Waals surface area contributed by atoms with Crippen molar-refractivity contribution >= 4 is 33.7 Å². The van der Waals surface area contributed by atoms with Crippen LogP contribution in [-0.4, -0.2) is 32.7 Å². The number of nitrogens with zero attached hydrogens (tertiary/aromatic N) is 1. The Bertz CT molecular complexity index is 1350. The molecule has 162 valence electrons. The summed E-state index contributed by atoms with van der Waals surface area (Å²) in [5.41, 5.74) is 5.77. The molecule has 0 atom stereocenters. The zero-order valence-electron chi connectivity index (χ0n) is 19.1. The van der Waals surface area contributed by atoms with Crippen molar-refractivity contribution in [2.45, 2.75) is 39.5 Å². The zero-order chi connectivity index (χ0) is 22.6. The second kappa shape index (κ2) is 7.33. The number of rotatable bonds is 5. The fourth-order valence-electron chi connectivity index (χ4n) is 4.95. The summed E-state index contributed by atoms with van der Waals surface area (Å²) in [6.45, 7) is 9.72. The molecule has 2 heterocycles. The van der Waals surface area contributed by atoms with E-state index in [2.05, 4.69) is 61.5 Å². The van der Waals surface area contributed by atoms with E-state index in [1.807, 2.05) is 36.5 Å². The van der Waals surface area contributed by atoms with Crippen LogP contribution in [0.25, 0.3) is 16.5 Å². The molecule has 4 heteroatoms. The monoisotopic (exact) mass is 425 g/mol. The number of carbonyl (C=O) groups excluding carboxylic acids is 1. The van der Waals surface area contributed by atoms with Gasteiger partial charge >= 0.3 is 0 Å². The van der Waals surface area contributed by atoms with E-state index in [4.69, 9.17) is 0 Å². The zero-order valence-corrected chi connectivity index (χ0v) is 19.1. The first-order chi connectivity index (χ1) is 15.3. The van der Waals surface area contributed by atoms with Gasteiger partial charge in [-0.3, -0.25) is 4.79 Å². The number of aliphatic hydroxyl groups is 1. The highest BCUT2D eigenvalue weighted by atomic mass is 16.3. The Morgan fingerprint density at radius 1 is 1.09 bits per heavy atom. The molecule has 4 nitrogen and oxygen atoms in total. The molecule has 2 aliphatic rings. The topological polar surface area (TPSA) is 56.1 Å². The Kier molecular flexibility index (Phi) is 4.70. The molecule has 0 unspecified atom stereocenters. The number of ketones is 1. The summed E-state index contributed by atoms with van der Waals surface area (Å²) in [5, 5.41) is 11.9. The van der Waals surface area contributed by atoms with Gasteiger partial charge in [-0.2, -0.15) is 4.58 Å². The number of nitrogens with one attached hydrogen (secondary N) is 1. The van der Waals surface area contributed by atoms with E-state index in [1.165, 1.54) is 11.3 Å². The van der Waals surface area contributed by atoms with Crippen molar-refractivity contribution in [3.63, 3.8) is 0 Å². The van der Waals surface area contributed by atoms with E-state index in [1.54, 1.807) is 0 Å². The van der Waals surface area contributed by atoms with Gasteiger partial charge in [-0.1, -0.05) is 50.2 Å². The highest BCUT2D eigenvalue weighted by molar-refractivity contribution is 6.41. The van der Waals surface area contributed by atoms with Crippen LogP contribution in [0.15, 0.2) is 72.1 Å². The van der Waals surface area contributed by atoms with Crippen LogP contribution in [0.2, 0.25) is 0 Å². The van der Waals surface area contributed by atoms with Crippen molar-refractivity contribution in [3.8, 4) is 0 Å². The number of hydrogen-bond acceptors (Lipinski definition) is 2. The van der Waals surface area contributed by atoms with Gasteiger partial charge in [-0.15, -0.1) is 0 Å². The first-order valence-electron chi connectivity index (χ1n) is 11.3. The normalized spacial score (nSPS) is 18.8. The van der Waals surface area contributed by atoms with Gasteiger partial charge in [0.1, 0.15) is 12.3 Å². The summed E-state index contributed by atoms with van der Waals surface area (Å²) in [6, 6.07) is 16.3. The molecule has 0 saturated carbocycles. The molecule has 3 aromatic rings. The second-order valence-electron chi connectivity index (χ2n) is 9.72. The fourth-order valence-corrected chi connectivity index (χ4v) is 4.95. The third kappa shape index (κ3) is 2.97. The van der Waals surface area contributed by atoms with Gasteiger partial charge in [-0.05, 0) is 25.8 Å². The number of H-pyrrole nitrogens is 1. The number of carbonyl (C=O) groups is 1. The van der Waals surface area contributed by atoms with Gasteiger partial charge in [0.15, 0.2) is 5.71 Å². The lowest BCUT2D eigenvalue weighted by Gasteiger charge is -2.22. The van der Waals surface area contributed by atoms with Crippen LogP contribution in [0.3, 0.4) is 0 Å². The van der Waals surface area contributed by atoms with Crippen LogP contribution in [0, 0.1) is 5.92 Å². The Labute approximate surface area is 188 Å². The van der Waals surface area contributed by atoms with Crippen LogP contribution >= 0.6 is 0 Å². The Morgan fingerprint density at radius 3 is 2.56 bits per heavy atom. The number of allylic oxidation sites excluding steroid dienone is 3. The molecule has 0 fully saturated rings. The molecule has 1 aromatic heterocycles. The average Bonchev–Trinajstić information content (AvgIpc) is 3.28. The lowest BCUT2D eigenvalue weighted by Crippen LogP contribution is -2.31. The summed E-state index contributed by atoms with van der Waals surface area (Å²) in [7, 11) is 0. The van der Waals surface area contributed by atoms with Crippen LogP contribution in [0.5, 0.6) is 0 Å². The van der Waals surface area contributed by atoms with Crippen LogP contribution in [0.1, 0.15) is 45.2 Å². The highest BCUT2D eigenvalue weighted by Crippen LogP contribution is 2.43. The Hall–Kier alpha value is -3.40. The molecule has 32 heavy (non-hydrogen) atoms. The minimum atomic E-state index is -0.252. The maximum atomic E-state index is 13.2. The quantitative estimate of drug-likeness (QED) is 0.385. The molecule has 1 aliphatic heterocycles. The van der Waals surface area contributed by atoms with Crippen molar-refractivity contribution in [1.29, 1.82) is 0 Å². The highest BCUT2D eigenvalue weighted by Gasteiger charge is 2.46.